The Morgan fingerprint density at radius 3 is 2.33 bits per heavy atom. The summed E-state index contributed by atoms with van der Waals surface area (Å²) < 4.78 is 12.7. The standard InChI is InChI=1S/C8H10FN.C2H4/c9-8-4-2-1-3-7(8)5-6-10;1-2/h1-4H,5-6,10H2;1-2H2. The van der Waals surface area contributed by atoms with Crippen LogP contribution < -0.4 is 5.73 Å². The van der Waals surface area contributed by atoms with Gasteiger partial charge in [0.2, 0.25) is 0 Å². The molecular formula is C10H14FN. The second-order valence-corrected chi connectivity index (χ2v) is 2.13. The van der Waals surface area contributed by atoms with E-state index in [2.05, 4.69) is 13.2 Å². The Morgan fingerprint density at radius 1 is 1.25 bits per heavy atom. The number of nitrogens with two attached hydrogens (primary N) is 1. The molecule has 2 heteroatoms. The SMILES string of the molecule is C=C.NCCc1ccccc1F. The molecule has 0 fully saturated rings. The number of benzene rings is 1. The van der Waals surface area contributed by atoms with E-state index in [-0.39, 0.29) is 5.82 Å². The topological polar surface area (TPSA) is 26.0 Å². The molecule has 1 rings (SSSR count). The molecule has 0 heterocycles. The second kappa shape index (κ2) is 6.55. The molecule has 0 bridgehead atoms. The van der Waals surface area contributed by atoms with Gasteiger partial charge in [0.25, 0.3) is 0 Å². The van der Waals surface area contributed by atoms with Crippen LogP contribution in [0.25, 0.3) is 0 Å². The van der Waals surface area contributed by atoms with Gasteiger partial charge in [-0.25, -0.2) is 4.39 Å². The fourth-order valence-electron chi connectivity index (χ4n) is 0.857. The van der Waals surface area contributed by atoms with E-state index < -0.39 is 0 Å². The van der Waals surface area contributed by atoms with Crippen molar-refractivity contribution in [3.63, 3.8) is 0 Å². The molecule has 0 saturated carbocycles. The molecule has 12 heavy (non-hydrogen) atoms. The average molecular weight is 167 g/mol. The molecule has 1 aromatic carbocycles. The van der Waals surface area contributed by atoms with Gasteiger partial charge in [0.15, 0.2) is 0 Å². The van der Waals surface area contributed by atoms with Gasteiger partial charge in [0.1, 0.15) is 5.82 Å². The van der Waals surface area contributed by atoms with E-state index in [1.54, 1.807) is 12.1 Å². The Morgan fingerprint density at radius 2 is 1.83 bits per heavy atom. The number of hydrogen-bond donors (Lipinski definition) is 1. The maximum absolute atomic E-state index is 12.7. The zero-order valence-electron chi connectivity index (χ0n) is 7.09. The van der Waals surface area contributed by atoms with Crippen molar-refractivity contribution in [3.05, 3.63) is 48.8 Å². The van der Waals surface area contributed by atoms with Crippen molar-refractivity contribution in [1.82, 2.24) is 0 Å². The van der Waals surface area contributed by atoms with Gasteiger partial charge >= 0.3 is 0 Å². The predicted octanol–water partition coefficient (Wildman–Crippen LogP) is 2.13. The predicted molar refractivity (Wildman–Crippen MR) is 50.4 cm³/mol. The van der Waals surface area contributed by atoms with E-state index in [4.69, 9.17) is 5.73 Å². The molecule has 0 aliphatic rings. The zero-order chi connectivity index (χ0) is 9.40. The van der Waals surface area contributed by atoms with Crippen LogP contribution in [0.4, 0.5) is 4.39 Å². The maximum atomic E-state index is 12.7. The lowest BCUT2D eigenvalue weighted by molar-refractivity contribution is 0.609. The molecule has 1 aromatic rings. The highest BCUT2D eigenvalue weighted by Gasteiger charge is 1.96. The minimum atomic E-state index is -0.159. The first-order chi connectivity index (χ1) is 5.84. The summed E-state index contributed by atoms with van der Waals surface area (Å²) in [4.78, 5) is 0. The largest absolute Gasteiger partial charge is 0.330 e. The molecule has 1 nitrogen and oxygen atoms in total. The van der Waals surface area contributed by atoms with Crippen LogP contribution in [0, 0.1) is 5.82 Å². The summed E-state index contributed by atoms with van der Waals surface area (Å²) >= 11 is 0. The van der Waals surface area contributed by atoms with Crippen LogP contribution >= 0.6 is 0 Å². The third-order valence-electron chi connectivity index (χ3n) is 1.37. The van der Waals surface area contributed by atoms with Crippen molar-refractivity contribution in [3.8, 4) is 0 Å². The normalized spacial score (nSPS) is 8.50. The van der Waals surface area contributed by atoms with Crippen LogP contribution in [-0.4, -0.2) is 6.54 Å². The molecule has 0 spiro atoms. The van der Waals surface area contributed by atoms with Gasteiger partial charge < -0.3 is 5.73 Å². The fourth-order valence-corrected chi connectivity index (χ4v) is 0.857. The first-order valence-electron chi connectivity index (χ1n) is 3.78. The molecule has 66 valence electrons. The molecule has 0 unspecified atom stereocenters. The highest BCUT2D eigenvalue weighted by molar-refractivity contribution is 5.17. The van der Waals surface area contributed by atoms with E-state index in [0.29, 0.717) is 18.5 Å². The van der Waals surface area contributed by atoms with Crippen molar-refractivity contribution in [2.24, 2.45) is 5.73 Å². The molecule has 0 aliphatic carbocycles. The van der Waals surface area contributed by atoms with Crippen molar-refractivity contribution in [2.75, 3.05) is 6.54 Å². The Balaban J connectivity index is 0.000000561. The lowest BCUT2D eigenvalue weighted by Gasteiger charge is -1.97. The van der Waals surface area contributed by atoms with E-state index in [1.807, 2.05) is 6.07 Å². The smallest absolute Gasteiger partial charge is 0.126 e. The van der Waals surface area contributed by atoms with E-state index in [1.165, 1.54) is 6.07 Å². The van der Waals surface area contributed by atoms with Crippen LogP contribution in [0.5, 0.6) is 0 Å². The van der Waals surface area contributed by atoms with Crippen molar-refractivity contribution < 1.29 is 4.39 Å². The third-order valence-corrected chi connectivity index (χ3v) is 1.37. The van der Waals surface area contributed by atoms with Gasteiger partial charge in [0.05, 0.1) is 0 Å². The quantitative estimate of drug-likeness (QED) is 0.671. The number of rotatable bonds is 2. The van der Waals surface area contributed by atoms with Crippen LogP contribution in [0.1, 0.15) is 5.56 Å². The molecule has 2 N–H and O–H groups in total. The second-order valence-electron chi connectivity index (χ2n) is 2.13. The summed E-state index contributed by atoms with van der Waals surface area (Å²) in [5, 5.41) is 0. The van der Waals surface area contributed by atoms with Gasteiger partial charge in [-0.05, 0) is 24.6 Å². The molecule has 0 radical (unpaired) electrons. The van der Waals surface area contributed by atoms with E-state index in [0.717, 1.165) is 0 Å². The molecule has 0 saturated heterocycles. The van der Waals surface area contributed by atoms with Gasteiger partial charge in [-0.3, -0.25) is 0 Å². The number of hydrogen-bond acceptors (Lipinski definition) is 1. The van der Waals surface area contributed by atoms with Crippen LogP contribution in [0.15, 0.2) is 37.4 Å². The summed E-state index contributed by atoms with van der Waals surface area (Å²) in [6.45, 7) is 6.50. The van der Waals surface area contributed by atoms with Crippen molar-refractivity contribution in [2.45, 2.75) is 6.42 Å². The van der Waals surface area contributed by atoms with Gasteiger partial charge in [-0.2, -0.15) is 0 Å². The first-order valence-corrected chi connectivity index (χ1v) is 3.78. The van der Waals surface area contributed by atoms with Crippen LogP contribution in [-0.2, 0) is 6.42 Å². The molecule has 0 amide bonds. The summed E-state index contributed by atoms with van der Waals surface area (Å²) in [6, 6.07) is 6.69. The third kappa shape index (κ3) is 3.30. The first kappa shape index (κ1) is 10.8. The fraction of sp³-hybridized carbons (Fsp3) is 0.200. The highest BCUT2D eigenvalue weighted by Crippen LogP contribution is 2.05. The van der Waals surface area contributed by atoms with E-state index >= 15 is 0 Å². The van der Waals surface area contributed by atoms with Gasteiger partial charge in [-0.1, -0.05) is 18.2 Å². The minimum absolute atomic E-state index is 0.159. The summed E-state index contributed by atoms with van der Waals surface area (Å²) in [7, 11) is 0. The summed E-state index contributed by atoms with van der Waals surface area (Å²) in [5.41, 5.74) is 5.96. The lowest BCUT2D eigenvalue weighted by atomic mass is 10.1. The summed E-state index contributed by atoms with van der Waals surface area (Å²) in [6.07, 6.45) is 0.618. The average Bonchev–Trinajstić information content (AvgIpc) is 2.13. The lowest BCUT2D eigenvalue weighted by Crippen LogP contribution is -2.03. The highest BCUT2D eigenvalue weighted by atomic mass is 19.1. The maximum Gasteiger partial charge on any atom is 0.126 e. The Kier molecular flexibility index (Phi) is 5.93. The molecule has 0 aromatic heterocycles. The zero-order valence-corrected chi connectivity index (χ0v) is 7.09. The van der Waals surface area contributed by atoms with Crippen LogP contribution in [0.2, 0.25) is 0 Å². The molecule has 0 atom stereocenters. The Bertz CT molecular complexity index is 223. The molecule has 0 aliphatic heterocycles. The number of halogens is 1. The Hall–Kier alpha value is -1.15. The Labute approximate surface area is 72.7 Å². The van der Waals surface area contributed by atoms with Crippen molar-refractivity contribution in [1.29, 1.82) is 0 Å². The van der Waals surface area contributed by atoms with Crippen LogP contribution in [0.3, 0.4) is 0 Å². The minimum Gasteiger partial charge on any atom is -0.330 e. The molecular weight excluding hydrogens is 153 g/mol. The van der Waals surface area contributed by atoms with Gasteiger partial charge in [0, 0.05) is 0 Å². The van der Waals surface area contributed by atoms with Gasteiger partial charge in [-0.15, -0.1) is 13.2 Å². The monoisotopic (exact) mass is 167 g/mol. The van der Waals surface area contributed by atoms with E-state index in [9.17, 15) is 4.39 Å². The van der Waals surface area contributed by atoms with Crippen molar-refractivity contribution >= 4 is 0 Å². The summed E-state index contributed by atoms with van der Waals surface area (Å²) in [5.74, 6) is -0.159.